The molecule has 5 aliphatic rings. The Morgan fingerprint density at radius 1 is 0.746 bits per heavy atom. The van der Waals surface area contributed by atoms with E-state index in [1.807, 2.05) is 30.3 Å². The summed E-state index contributed by atoms with van der Waals surface area (Å²) in [6, 6.07) is 24.7. The number of fused-ring (bicyclic) bond motifs is 3. The molecular formula is C48H51N3O8. The van der Waals surface area contributed by atoms with Gasteiger partial charge in [-0.2, -0.15) is 0 Å². The van der Waals surface area contributed by atoms with Gasteiger partial charge in [-0.15, -0.1) is 0 Å². The molecule has 11 nitrogen and oxygen atoms in total. The third-order valence-corrected chi connectivity index (χ3v) is 12.0. The SMILES string of the molecule is C=C1/C2=C(OC)\C(OC)=C/C(C)CCN(C)C1Cc1ccc(OCN3C(=O)c4ccccc4C3=O)c(c1)Oc1ccc(cc1)CC1c3cc(c(OC)cc3CCN1C)O2. The second-order valence-electron chi connectivity index (χ2n) is 15.7. The van der Waals surface area contributed by atoms with E-state index in [0.717, 1.165) is 48.4 Å². The first kappa shape index (κ1) is 39.8. The molecular weight excluding hydrogens is 747 g/mol. The molecule has 0 aliphatic carbocycles. The number of nitrogens with zero attached hydrogens (tertiary/aromatic N) is 3. The van der Waals surface area contributed by atoms with Crippen LogP contribution < -0.4 is 18.9 Å². The third kappa shape index (κ3) is 7.80. The number of rotatable bonds is 6. The van der Waals surface area contributed by atoms with Crippen LogP contribution in [-0.2, 0) is 28.7 Å². The van der Waals surface area contributed by atoms with E-state index in [1.165, 1.54) is 11.1 Å². The molecule has 4 aromatic rings. The van der Waals surface area contributed by atoms with Crippen molar-refractivity contribution < 1.29 is 38.0 Å². The Kier molecular flexibility index (Phi) is 11.2. The van der Waals surface area contributed by atoms with Crippen molar-refractivity contribution in [2.24, 2.45) is 5.92 Å². The molecule has 3 unspecified atom stereocenters. The van der Waals surface area contributed by atoms with Gasteiger partial charge in [-0.1, -0.05) is 43.8 Å². The maximum Gasteiger partial charge on any atom is 0.264 e. The van der Waals surface area contributed by atoms with E-state index in [0.29, 0.717) is 69.1 Å². The minimum Gasteiger partial charge on any atom is -0.493 e. The Morgan fingerprint density at radius 3 is 2.12 bits per heavy atom. The highest BCUT2D eigenvalue weighted by Crippen LogP contribution is 2.43. The van der Waals surface area contributed by atoms with Crippen LogP contribution in [0.3, 0.4) is 0 Å². The summed E-state index contributed by atoms with van der Waals surface area (Å²) in [5.74, 6) is 3.46. The van der Waals surface area contributed by atoms with Crippen molar-refractivity contribution >= 4 is 11.8 Å². The zero-order chi connectivity index (χ0) is 41.4. The average Bonchev–Trinajstić information content (AvgIpc) is 3.49. The van der Waals surface area contributed by atoms with E-state index in [4.69, 9.17) is 35.0 Å². The topological polar surface area (TPSA) is 99.2 Å². The molecule has 2 amide bonds. The molecule has 306 valence electrons. The van der Waals surface area contributed by atoms with Crippen LogP contribution in [0.1, 0.15) is 62.4 Å². The molecule has 3 atom stereocenters. The molecule has 59 heavy (non-hydrogen) atoms. The van der Waals surface area contributed by atoms with Gasteiger partial charge in [-0.25, -0.2) is 4.90 Å². The van der Waals surface area contributed by atoms with Crippen LogP contribution >= 0.6 is 0 Å². The van der Waals surface area contributed by atoms with E-state index in [2.05, 4.69) is 61.2 Å². The van der Waals surface area contributed by atoms with E-state index in [-0.39, 0.29) is 24.7 Å². The summed E-state index contributed by atoms with van der Waals surface area (Å²) in [4.78, 5) is 32.2. The summed E-state index contributed by atoms with van der Waals surface area (Å²) in [6.07, 6.45) is 5.08. The molecule has 11 heteroatoms. The van der Waals surface area contributed by atoms with E-state index in [1.54, 1.807) is 45.6 Å². The van der Waals surface area contributed by atoms with Gasteiger partial charge in [0.2, 0.25) is 5.76 Å². The van der Waals surface area contributed by atoms with Crippen molar-refractivity contribution in [3.05, 3.63) is 148 Å². The molecule has 0 fully saturated rings. The standard InChI is InChI=1S/C48H51N3O8/c1-29-18-20-49(3)38-24-32-14-17-40(57-28-51-47(52)35-10-8-9-11-36(35)48(51)53)42(25-32)58-34-15-12-31(13-16-34)23-39-37-27-43(41(54-5)26-33(37)19-21-50(39)4)59-45(30(38)2)46(56-7)44(22-29)55-6/h8-17,22,25-27,29,38-39H,2,18-21,23-24,28H2,1,3-7H3/b44-22+,46-45-. The molecule has 0 spiro atoms. The van der Waals surface area contributed by atoms with E-state index < -0.39 is 11.8 Å². The summed E-state index contributed by atoms with van der Waals surface area (Å²) in [5, 5.41) is 0. The van der Waals surface area contributed by atoms with Crippen molar-refractivity contribution in [2.45, 2.75) is 44.7 Å². The summed E-state index contributed by atoms with van der Waals surface area (Å²) in [6.45, 7) is 8.26. The number of carbonyl (C=O) groups excluding carboxylic acids is 2. The fraction of sp³-hybridized carbons (Fsp3) is 0.333. The lowest BCUT2D eigenvalue weighted by molar-refractivity contribution is 0.0519. The maximum atomic E-state index is 13.2. The van der Waals surface area contributed by atoms with Crippen LogP contribution in [0.25, 0.3) is 0 Å². The van der Waals surface area contributed by atoms with Gasteiger partial charge < -0.3 is 28.4 Å². The maximum absolute atomic E-state index is 13.2. The molecule has 5 aliphatic heterocycles. The molecule has 0 N–H and O–H groups in total. The zero-order valence-electron chi connectivity index (χ0n) is 34.6. The molecule has 0 saturated heterocycles. The Bertz CT molecular complexity index is 2320. The summed E-state index contributed by atoms with van der Waals surface area (Å²) < 4.78 is 38.1. The molecule has 0 radical (unpaired) electrons. The summed E-state index contributed by atoms with van der Waals surface area (Å²) in [7, 11) is 9.18. The Labute approximate surface area is 346 Å². The average molecular weight is 798 g/mol. The number of amides is 2. The Morgan fingerprint density at radius 2 is 1.42 bits per heavy atom. The first-order chi connectivity index (χ1) is 28.6. The van der Waals surface area contributed by atoms with Gasteiger partial charge in [-0.05, 0) is 129 Å². The molecule has 4 aromatic carbocycles. The number of imide groups is 1. The van der Waals surface area contributed by atoms with Crippen LogP contribution in [0, 0.1) is 5.92 Å². The van der Waals surface area contributed by atoms with Crippen LogP contribution in [0.2, 0.25) is 0 Å². The van der Waals surface area contributed by atoms with Crippen molar-refractivity contribution in [1.29, 1.82) is 0 Å². The smallest absolute Gasteiger partial charge is 0.264 e. The second-order valence-corrected chi connectivity index (χ2v) is 15.7. The quantitative estimate of drug-likeness (QED) is 0.178. The lowest BCUT2D eigenvalue weighted by atomic mass is 9.88. The first-order valence-electron chi connectivity index (χ1n) is 20.1. The Hall–Kier alpha value is -6.04. The monoisotopic (exact) mass is 797 g/mol. The fourth-order valence-electron chi connectivity index (χ4n) is 8.49. The lowest BCUT2D eigenvalue weighted by Gasteiger charge is -2.36. The van der Waals surface area contributed by atoms with Crippen molar-refractivity contribution in [3.63, 3.8) is 0 Å². The molecule has 0 saturated carbocycles. The van der Waals surface area contributed by atoms with Crippen LogP contribution in [-0.4, -0.2) is 87.8 Å². The van der Waals surface area contributed by atoms with Crippen molar-refractivity contribution in [2.75, 3.05) is 55.2 Å². The van der Waals surface area contributed by atoms with Gasteiger partial charge in [0.1, 0.15) is 5.75 Å². The zero-order valence-corrected chi connectivity index (χ0v) is 34.6. The number of ether oxygens (including phenoxy) is 6. The van der Waals surface area contributed by atoms with Crippen molar-refractivity contribution in [1.82, 2.24) is 14.7 Å². The van der Waals surface area contributed by atoms with Gasteiger partial charge >= 0.3 is 0 Å². The van der Waals surface area contributed by atoms with Gasteiger partial charge in [0.15, 0.2) is 41.2 Å². The number of hydrogen-bond donors (Lipinski definition) is 0. The molecule has 0 aromatic heterocycles. The van der Waals surface area contributed by atoms with Gasteiger partial charge in [0.05, 0.1) is 32.5 Å². The number of likely N-dealkylation sites (N-methyl/N-ethyl adjacent to an activating group) is 2. The summed E-state index contributed by atoms with van der Waals surface area (Å²) in [5.41, 5.74) is 5.87. The predicted molar refractivity (Wildman–Crippen MR) is 224 cm³/mol. The van der Waals surface area contributed by atoms with E-state index in [9.17, 15) is 9.59 Å². The predicted octanol–water partition coefficient (Wildman–Crippen LogP) is 8.11. The third-order valence-electron chi connectivity index (χ3n) is 12.0. The fourth-order valence-corrected chi connectivity index (χ4v) is 8.49. The van der Waals surface area contributed by atoms with E-state index >= 15 is 0 Å². The van der Waals surface area contributed by atoms with Crippen LogP contribution in [0.5, 0.6) is 28.7 Å². The van der Waals surface area contributed by atoms with Crippen LogP contribution in [0.4, 0.5) is 0 Å². The highest BCUT2D eigenvalue weighted by molar-refractivity contribution is 6.21. The largest absolute Gasteiger partial charge is 0.493 e. The van der Waals surface area contributed by atoms with Gasteiger partial charge in [0, 0.05) is 24.2 Å². The second kappa shape index (κ2) is 16.7. The number of hydrogen-bond acceptors (Lipinski definition) is 10. The number of benzene rings is 4. The Balaban J connectivity index is 1.25. The minimum atomic E-state index is -0.396. The molecule has 5 heterocycles. The lowest BCUT2D eigenvalue weighted by Crippen LogP contribution is -2.38. The normalized spacial score (nSPS) is 23.2. The van der Waals surface area contributed by atoms with Gasteiger partial charge in [-0.3, -0.25) is 19.4 Å². The van der Waals surface area contributed by atoms with Crippen LogP contribution in [0.15, 0.2) is 114 Å². The highest BCUT2D eigenvalue weighted by Gasteiger charge is 2.36. The number of carbonyl (C=O) groups is 2. The number of allylic oxidation sites excluding steroid dienone is 1. The highest BCUT2D eigenvalue weighted by atomic mass is 16.6. The number of methoxy groups -OCH3 is 3. The first-order valence-corrected chi connectivity index (χ1v) is 20.1. The molecule has 8 bridgehead atoms. The van der Waals surface area contributed by atoms with Gasteiger partial charge in [0.25, 0.3) is 11.8 Å². The van der Waals surface area contributed by atoms with Crippen molar-refractivity contribution in [3.8, 4) is 28.7 Å². The molecule has 9 rings (SSSR count). The summed E-state index contributed by atoms with van der Waals surface area (Å²) >= 11 is 0. The minimum absolute atomic E-state index is 0.0637.